The molecule has 0 saturated carbocycles. The van der Waals surface area contributed by atoms with Crippen LogP contribution in [0.3, 0.4) is 0 Å². The van der Waals surface area contributed by atoms with Crippen molar-refractivity contribution in [2.24, 2.45) is 0 Å². The molecule has 1 aliphatic rings. The first-order chi connectivity index (χ1) is 10.8. The normalized spacial score (nSPS) is 17.3. The summed E-state index contributed by atoms with van der Waals surface area (Å²) in [5, 5.41) is 15.2. The summed E-state index contributed by atoms with van der Waals surface area (Å²) in [6.45, 7) is 2.77. The molecule has 6 nitrogen and oxygen atoms in total. The number of hydrogen-bond donors (Lipinski definition) is 3. The summed E-state index contributed by atoms with van der Waals surface area (Å²) < 4.78 is 6.13. The molecule has 0 spiro atoms. The Morgan fingerprint density at radius 3 is 2.74 bits per heavy atom. The van der Waals surface area contributed by atoms with Crippen molar-refractivity contribution >= 4 is 45.0 Å². The van der Waals surface area contributed by atoms with E-state index in [2.05, 4.69) is 26.6 Å². The van der Waals surface area contributed by atoms with Crippen LogP contribution in [-0.4, -0.2) is 28.6 Å². The molecule has 1 heterocycles. The average Bonchev–Trinajstić information content (AvgIpc) is 2.44. The van der Waals surface area contributed by atoms with Crippen LogP contribution in [0, 0.1) is 0 Å². The van der Waals surface area contributed by atoms with Gasteiger partial charge in [0, 0.05) is 21.3 Å². The lowest BCUT2D eigenvalue weighted by Crippen LogP contribution is -2.44. The van der Waals surface area contributed by atoms with E-state index in [0.717, 1.165) is 4.47 Å². The zero-order valence-electron chi connectivity index (χ0n) is 12.5. The molecule has 23 heavy (non-hydrogen) atoms. The topological polar surface area (TPSA) is 87.7 Å². The molecular formula is C15H15BrN2O4S. The van der Waals surface area contributed by atoms with E-state index in [1.54, 1.807) is 25.1 Å². The van der Waals surface area contributed by atoms with E-state index in [4.69, 9.17) is 22.1 Å². The summed E-state index contributed by atoms with van der Waals surface area (Å²) in [7, 11) is 0. The summed E-state index contributed by atoms with van der Waals surface area (Å²) in [5.41, 5.74) is 1.82. The van der Waals surface area contributed by atoms with Gasteiger partial charge in [0.1, 0.15) is 5.75 Å². The summed E-state index contributed by atoms with van der Waals surface area (Å²) in [4.78, 5) is 22.8. The second-order valence-corrected chi connectivity index (χ2v) is 6.31. The Labute approximate surface area is 147 Å². The number of carbonyl (C=O) groups excluding carboxylic acids is 1. The van der Waals surface area contributed by atoms with Crippen LogP contribution >= 0.6 is 28.1 Å². The van der Waals surface area contributed by atoms with Gasteiger partial charge in [0.05, 0.1) is 6.04 Å². The first kappa shape index (κ1) is 17.4. The first-order valence-corrected chi connectivity index (χ1v) is 7.93. The van der Waals surface area contributed by atoms with Crippen molar-refractivity contribution in [3.63, 3.8) is 0 Å². The van der Waals surface area contributed by atoms with Gasteiger partial charge in [-0.25, -0.2) is 4.79 Å². The molecule has 8 heteroatoms. The Balaban J connectivity index is 2.51. The molecule has 3 N–H and O–H groups in total. The molecular weight excluding hydrogens is 384 g/mol. The van der Waals surface area contributed by atoms with Gasteiger partial charge >= 0.3 is 5.97 Å². The Bertz CT molecular complexity index is 717. The van der Waals surface area contributed by atoms with E-state index in [0.29, 0.717) is 27.7 Å². The number of nitrogens with one attached hydrogen (secondary N) is 2. The Morgan fingerprint density at radius 2 is 2.13 bits per heavy atom. The van der Waals surface area contributed by atoms with E-state index in [-0.39, 0.29) is 5.78 Å². The van der Waals surface area contributed by atoms with Gasteiger partial charge in [-0.1, -0.05) is 15.9 Å². The Kier molecular flexibility index (Phi) is 5.38. The number of carboxylic acids is 1. The highest BCUT2D eigenvalue weighted by Gasteiger charge is 2.30. The van der Waals surface area contributed by atoms with Crippen LogP contribution in [0.15, 0.2) is 33.9 Å². The minimum atomic E-state index is -1.08. The molecule has 0 bridgehead atoms. The van der Waals surface area contributed by atoms with Crippen LogP contribution in [0.1, 0.15) is 25.5 Å². The summed E-state index contributed by atoms with van der Waals surface area (Å²) >= 11 is 8.55. The molecule has 1 aromatic rings. The van der Waals surface area contributed by atoms with Crippen LogP contribution in [0.5, 0.6) is 5.75 Å². The molecule has 2 rings (SSSR count). The standard InChI is InChI=1S/C15H15BrN2O4S/c1-7-13(8(2)19)14(18-15(23)17-7)10-5-9(16)3-4-11(10)22-6-12(20)21/h3-5,14H,6H2,1-2H3,(H,20,21)(H2,17,18,23). The van der Waals surface area contributed by atoms with E-state index in [1.807, 2.05) is 0 Å². The molecule has 1 atom stereocenters. The van der Waals surface area contributed by atoms with Crippen LogP contribution in [0.25, 0.3) is 0 Å². The number of halogens is 1. The number of carbonyl (C=O) groups is 2. The number of carboxylic acid groups (broad SMARTS) is 1. The van der Waals surface area contributed by atoms with Crippen molar-refractivity contribution in [3.05, 3.63) is 39.5 Å². The Morgan fingerprint density at radius 1 is 1.43 bits per heavy atom. The third-order valence-electron chi connectivity index (χ3n) is 3.28. The molecule has 0 radical (unpaired) electrons. The zero-order valence-corrected chi connectivity index (χ0v) is 14.9. The number of hydrogen-bond acceptors (Lipinski definition) is 4. The number of allylic oxidation sites excluding steroid dienone is 1. The smallest absolute Gasteiger partial charge is 0.341 e. The lowest BCUT2D eigenvalue weighted by atomic mass is 9.92. The number of thiocarbonyl (C=S) groups is 1. The van der Waals surface area contributed by atoms with Gasteiger partial charge in [-0.2, -0.15) is 0 Å². The SMILES string of the molecule is CC(=O)C1=C(C)NC(=S)NC1c1cc(Br)ccc1OCC(=O)O. The fourth-order valence-corrected chi connectivity index (χ4v) is 3.06. The monoisotopic (exact) mass is 398 g/mol. The quantitative estimate of drug-likeness (QED) is 0.655. The third kappa shape index (κ3) is 4.08. The summed E-state index contributed by atoms with van der Waals surface area (Å²) in [6.07, 6.45) is 0. The molecule has 0 amide bonds. The number of ether oxygens (including phenoxy) is 1. The van der Waals surface area contributed by atoms with E-state index in [9.17, 15) is 9.59 Å². The van der Waals surface area contributed by atoms with Crippen molar-refractivity contribution in [3.8, 4) is 5.75 Å². The van der Waals surface area contributed by atoms with E-state index >= 15 is 0 Å². The van der Waals surface area contributed by atoms with Gasteiger partial charge in [0.2, 0.25) is 0 Å². The number of aliphatic carboxylic acids is 1. The van der Waals surface area contributed by atoms with Crippen LogP contribution < -0.4 is 15.4 Å². The van der Waals surface area contributed by atoms with Gasteiger partial charge in [-0.05, 0) is 44.3 Å². The highest BCUT2D eigenvalue weighted by molar-refractivity contribution is 9.10. The average molecular weight is 399 g/mol. The summed E-state index contributed by atoms with van der Waals surface area (Å²) in [6, 6.07) is 4.66. The fourth-order valence-electron chi connectivity index (χ4n) is 2.41. The lowest BCUT2D eigenvalue weighted by Gasteiger charge is -2.30. The molecule has 1 aliphatic heterocycles. The minimum absolute atomic E-state index is 0.112. The van der Waals surface area contributed by atoms with Gasteiger partial charge in [-0.3, -0.25) is 4.79 Å². The first-order valence-electron chi connectivity index (χ1n) is 6.73. The van der Waals surface area contributed by atoms with Crippen LogP contribution in [0.2, 0.25) is 0 Å². The van der Waals surface area contributed by atoms with Crippen LogP contribution in [-0.2, 0) is 9.59 Å². The number of Topliss-reactive ketones (excluding diaryl/α,β-unsaturated/α-hetero) is 1. The maximum absolute atomic E-state index is 12.0. The fraction of sp³-hybridized carbons (Fsp3) is 0.267. The predicted octanol–water partition coefficient (Wildman–Crippen LogP) is 2.29. The maximum atomic E-state index is 12.0. The summed E-state index contributed by atoms with van der Waals surface area (Å²) in [5.74, 6) is -0.810. The molecule has 0 fully saturated rings. The van der Waals surface area contributed by atoms with Crippen molar-refractivity contribution in [1.29, 1.82) is 0 Å². The Hall–Kier alpha value is -1.93. The maximum Gasteiger partial charge on any atom is 0.341 e. The van der Waals surface area contributed by atoms with E-state index in [1.165, 1.54) is 6.92 Å². The molecule has 0 saturated heterocycles. The second kappa shape index (κ2) is 7.10. The van der Waals surface area contributed by atoms with Gasteiger partial charge < -0.3 is 20.5 Å². The molecule has 1 unspecified atom stereocenters. The van der Waals surface area contributed by atoms with Crippen molar-refractivity contribution in [1.82, 2.24) is 10.6 Å². The molecule has 1 aromatic carbocycles. The zero-order chi connectivity index (χ0) is 17.1. The van der Waals surface area contributed by atoms with Crippen molar-refractivity contribution in [2.75, 3.05) is 6.61 Å². The van der Waals surface area contributed by atoms with Gasteiger partial charge in [-0.15, -0.1) is 0 Å². The molecule has 0 aromatic heterocycles. The van der Waals surface area contributed by atoms with Gasteiger partial charge in [0.15, 0.2) is 17.5 Å². The largest absolute Gasteiger partial charge is 0.482 e. The molecule has 0 aliphatic carbocycles. The lowest BCUT2D eigenvalue weighted by molar-refractivity contribution is -0.139. The van der Waals surface area contributed by atoms with Crippen molar-refractivity contribution < 1.29 is 19.4 Å². The molecule has 122 valence electrons. The number of rotatable bonds is 5. The van der Waals surface area contributed by atoms with E-state index < -0.39 is 18.6 Å². The second-order valence-electron chi connectivity index (χ2n) is 4.99. The predicted molar refractivity (Wildman–Crippen MR) is 92.3 cm³/mol. The van der Waals surface area contributed by atoms with Gasteiger partial charge in [0.25, 0.3) is 0 Å². The number of benzene rings is 1. The highest BCUT2D eigenvalue weighted by atomic mass is 79.9. The van der Waals surface area contributed by atoms with Crippen molar-refractivity contribution in [2.45, 2.75) is 19.9 Å². The third-order valence-corrected chi connectivity index (χ3v) is 4.00. The number of ketones is 1. The minimum Gasteiger partial charge on any atom is -0.482 e. The van der Waals surface area contributed by atoms with Crippen LogP contribution in [0.4, 0.5) is 0 Å². The highest BCUT2D eigenvalue weighted by Crippen LogP contribution is 2.35.